The minimum atomic E-state index is -4.00. The zero-order chi connectivity index (χ0) is 21.1. The van der Waals surface area contributed by atoms with Crippen molar-refractivity contribution in [3.63, 3.8) is 0 Å². The molecule has 0 amide bonds. The first kappa shape index (κ1) is 21.2. The number of benzene rings is 2. The van der Waals surface area contributed by atoms with Gasteiger partial charge >= 0.3 is 11.9 Å². The van der Waals surface area contributed by atoms with Crippen molar-refractivity contribution in [2.45, 2.75) is 18.7 Å². The summed E-state index contributed by atoms with van der Waals surface area (Å²) in [5.74, 6) is -0.873. The number of carbonyl (C=O) groups excluding carboxylic acids is 2. The molecular formula is C19H21NO7S. The van der Waals surface area contributed by atoms with Gasteiger partial charge in [0.1, 0.15) is 5.75 Å². The number of rotatable bonds is 6. The Morgan fingerprint density at radius 3 is 1.82 bits per heavy atom. The standard InChI is InChI=1S/C19H21NO7S/c1-11-7-17(12(2)6-16(11)25-3)28(23,24)20-15-9-13(18(21)26-4)8-14(10-15)19(22)27-5/h6-10,20H,1-5H3. The second kappa shape index (κ2) is 8.30. The molecule has 0 atom stereocenters. The average Bonchev–Trinajstić information content (AvgIpc) is 2.67. The fourth-order valence-corrected chi connectivity index (χ4v) is 3.99. The number of sulfonamides is 1. The molecular weight excluding hydrogens is 386 g/mol. The molecule has 0 fully saturated rings. The molecule has 2 aromatic rings. The van der Waals surface area contributed by atoms with Gasteiger partial charge in [0.15, 0.2) is 0 Å². The van der Waals surface area contributed by atoms with Crippen LogP contribution in [0.3, 0.4) is 0 Å². The van der Waals surface area contributed by atoms with Crippen molar-refractivity contribution in [3.05, 3.63) is 52.6 Å². The lowest BCUT2D eigenvalue weighted by molar-refractivity contribution is 0.0599. The van der Waals surface area contributed by atoms with Gasteiger partial charge in [0.2, 0.25) is 0 Å². The van der Waals surface area contributed by atoms with Crippen LogP contribution in [0.2, 0.25) is 0 Å². The van der Waals surface area contributed by atoms with Gasteiger partial charge in [-0.2, -0.15) is 0 Å². The first-order valence-electron chi connectivity index (χ1n) is 8.12. The fraction of sp³-hybridized carbons (Fsp3) is 0.263. The summed E-state index contributed by atoms with van der Waals surface area (Å²) in [6.07, 6.45) is 0. The molecule has 0 aliphatic heterocycles. The van der Waals surface area contributed by atoms with Crippen LogP contribution in [0.5, 0.6) is 5.75 Å². The highest BCUT2D eigenvalue weighted by Gasteiger charge is 2.21. The fourth-order valence-electron chi connectivity index (χ4n) is 2.64. The van der Waals surface area contributed by atoms with E-state index < -0.39 is 22.0 Å². The van der Waals surface area contributed by atoms with E-state index in [9.17, 15) is 18.0 Å². The van der Waals surface area contributed by atoms with Crippen molar-refractivity contribution >= 4 is 27.6 Å². The van der Waals surface area contributed by atoms with Crippen LogP contribution < -0.4 is 9.46 Å². The van der Waals surface area contributed by atoms with Crippen LogP contribution in [0.1, 0.15) is 31.8 Å². The van der Waals surface area contributed by atoms with Crippen LogP contribution in [-0.2, 0) is 19.5 Å². The Labute approximate surface area is 163 Å². The lowest BCUT2D eigenvalue weighted by atomic mass is 10.1. The molecule has 0 saturated heterocycles. The van der Waals surface area contributed by atoms with Gasteiger partial charge < -0.3 is 14.2 Å². The normalized spacial score (nSPS) is 10.9. The Morgan fingerprint density at radius 2 is 1.36 bits per heavy atom. The average molecular weight is 407 g/mol. The molecule has 150 valence electrons. The Bertz CT molecular complexity index is 995. The van der Waals surface area contributed by atoms with E-state index in [-0.39, 0.29) is 21.7 Å². The Balaban J connectivity index is 2.53. The van der Waals surface area contributed by atoms with Crippen LogP contribution >= 0.6 is 0 Å². The SMILES string of the molecule is COC(=O)c1cc(NS(=O)(=O)c2cc(C)c(OC)cc2C)cc(C(=O)OC)c1. The summed E-state index contributed by atoms with van der Waals surface area (Å²) < 4.78 is 42.7. The van der Waals surface area contributed by atoms with Crippen molar-refractivity contribution in [2.75, 3.05) is 26.1 Å². The molecule has 2 rings (SSSR count). The summed E-state index contributed by atoms with van der Waals surface area (Å²) in [6, 6.07) is 6.93. The Kier molecular flexibility index (Phi) is 6.30. The minimum absolute atomic E-state index is 0.00531. The number of hydrogen-bond acceptors (Lipinski definition) is 7. The zero-order valence-corrected chi connectivity index (χ0v) is 17.0. The third kappa shape index (κ3) is 4.42. The highest BCUT2D eigenvalue weighted by molar-refractivity contribution is 7.92. The minimum Gasteiger partial charge on any atom is -0.496 e. The third-order valence-corrected chi connectivity index (χ3v) is 5.53. The number of ether oxygens (including phenoxy) is 3. The zero-order valence-electron chi connectivity index (χ0n) is 16.2. The van der Waals surface area contributed by atoms with E-state index in [0.29, 0.717) is 16.9 Å². The highest BCUT2D eigenvalue weighted by Crippen LogP contribution is 2.28. The van der Waals surface area contributed by atoms with Gasteiger partial charge in [-0.05, 0) is 55.3 Å². The molecule has 0 aromatic heterocycles. The number of esters is 2. The summed E-state index contributed by atoms with van der Waals surface area (Å²) in [5.41, 5.74) is 1.16. The lowest BCUT2D eigenvalue weighted by Crippen LogP contribution is -2.16. The van der Waals surface area contributed by atoms with E-state index in [2.05, 4.69) is 14.2 Å². The second-order valence-electron chi connectivity index (χ2n) is 5.98. The predicted molar refractivity (Wildman–Crippen MR) is 102 cm³/mol. The van der Waals surface area contributed by atoms with Gasteiger partial charge in [-0.25, -0.2) is 18.0 Å². The predicted octanol–water partition coefficient (Wildman–Crippen LogP) is 2.69. The van der Waals surface area contributed by atoms with Crippen LogP contribution in [0.4, 0.5) is 5.69 Å². The molecule has 0 bridgehead atoms. The number of anilines is 1. The first-order chi connectivity index (χ1) is 13.1. The van der Waals surface area contributed by atoms with Crippen LogP contribution in [0.15, 0.2) is 35.2 Å². The molecule has 0 unspecified atom stereocenters. The maximum atomic E-state index is 12.9. The number of aryl methyl sites for hydroxylation is 2. The van der Waals surface area contributed by atoms with Gasteiger partial charge in [0, 0.05) is 0 Å². The van der Waals surface area contributed by atoms with Gasteiger partial charge in [-0.15, -0.1) is 0 Å². The quantitative estimate of drug-likeness (QED) is 0.734. The van der Waals surface area contributed by atoms with Gasteiger partial charge in [-0.1, -0.05) is 0 Å². The van der Waals surface area contributed by atoms with Gasteiger partial charge in [0.25, 0.3) is 10.0 Å². The summed E-state index contributed by atoms with van der Waals surface area (Å²) in [4.78, 5) is 23.8. The highest BCUT2D eigenvalue weighted by atomic mass is 32.2. The van der Waals surface area contributed by atoms with E-state index in [4.69, 9.17) is 4.74 Å². The Morgan fingerprint density at radius 1 is 0.821 bits per heavy atom. The molecule has 0 aliphatic rings. The number of methoxy groups -OCH3 is 3. The monoisotopic (exact) mass is 407 g/mol. The van der Waals surface area contributed by atoms with Crippen LogP contribution in [-0.4, -0.2) is 41.7 Å². The topological polar surface area (TPSA) is 108 Å². The molecule has 0 saturated carbocycles. The first-order valence-corrected chi connectivity index (χ1v) is 9.61. The van der Waals surface area contributed by atoms with Gasteiger partial charge in [0.05, 0.1) is 43.0 Å². The molecule has 0 spiro atoms. The summed E-state index contributed by atoms with van der Waals surface area (Å²) in [7, 11) is -0.137. The van der Waals surface area contributed by atoms with Crippen molar-refractivity contribution in [2.24, 2.45) is 0 Å². The maximum absolute atomic E-state index is 12.9. The molecule has 2 aromatic carbocycles. The van der Waals surface area contributed by atoms with Crippen molar-refractivity contribution in [3.8, 4) is 5.75 Å². The van der Waals surface area contributed by atoms with Crippen molar-refractivity contribution < 1.29 is 32.2 Å². The number of hydrogen-bond donors (Lipinski definition) is 1. The van der Waals surface area contributed by atoms with E-state index in [1.54, 1.807) is 19.9 Å². The molecule has 0 radical (unpaired) electrons. The molecule has 8 nitrogen and oxygen atoms in total. The summed E-state index contributed by atoms with van der Waals surface area (Å²) in [5, 5.41) is 0. The third-order valence-electron chi connectivity index (χ3n) is 4.01. The second-order valence-corrected chi connectivity index (χ2v) is 7.63. The largest absolute Gasteiger partial charge is 0.496 e. The smallest absolute Gasteiger partial charge is 0.337 e. The van der Waals surface area contributed by atoms with Crippen molar-refractivity contribution in [1.29, 1.82) is 0 Å². The molecule has 9 heteroatoms. The summed E-state index contributed by atoms with van der Waals surface area (Å²) >= 11 is 0. The summed E-state index contributed by atoms with van der Waals surface area (Å²) in [6.45, 7) is 3.37. The van der Waals surface area contributed by atoms with E-state index in [1.807, 2.05) is 0 Å². The Hall–Kier alpha value is -3.07. The van der Waals surface area contributed by atoms with Gasteiger partial charge in [-0.3, -0.25) is 4.72 Å². The van der Waals surface area contributed by atoms with E-state index in [1.165, 1.54) is 45.6 Å². The number of nitrogens with one attached hydrogen (secondary N) is 1. The van der Waals surface area contributed by atoms with Crippen molar-refractivity contribution in [1.82, 2.24) is 0 Å². The van der Waals surface area contributed by atoms with Crippen LogP contribution in [0, 0.1) is 13.8 Å². The van der Waals surface area contributed by atoms with Crippen LogP contribution in [0.25, 0.3) is 0 Å². The van der Waals surface area contributed by atoms with E-state index in [0.717, 1.165) is 0 Å². The molecule has 0 aliphatic carbocycles. The maximum Gasteiger partial charge on any atom is 0.337 e. The molecule has 1 N–H and O–H groups in total. The molecule has 0 heterocycles. The number of carbonyl (C=O) groups is 2. The van der Waals surface area contributed by atoms with E-state index >= 15 is 0 Å². The lowest BCUT2D eigenvalue weighted by Gasteiger charge is -2.14. The molecule has 28 heavy (non-hydrogen) atoms.